The number of nitro benzene ring substituents is 1. The van der Waals surface area contributed by atoms with E-state index in [-0.39, 0.29) is 27.9 Å². The Labute approximate surface area is 397 Å². The Bertz CT molecular complexity index is 2700. The molecule has 2 heterocycles. The summed E-state index contributed by atoms with van der Waals surface area (Å²) < 4.78 is 31.9. The Kier molecular flexibility index (Phi) is 16.8. The molecule has 1 aromatic heterocycles. The molecule has 6 rings (SSSR count). The number of nitro groups is 1. The third-order valence-electron chi connectivity index (χ3n) is 11.5. The number of hydrogen-bond acceptors (Lipinski definition) is 10. The SMILES string of the molecule is C=C/C(Cl)=C\C=C(/C)c1c(-c2cccc(N3CCN(c4ccc(NS(=O)(=O)c5ccc(N[C@H](CCN(C)C)CSc6ccccc6)c([N+](=O)[O-])c5)cc4)CC3)c2)c(C(=O)O)c(C)n1CCC. The third-order valence-corrected chi connectivity index (χ3v) is 14.3. The molecule has 0 saturated carbocycles. The molecule has 1 aliphatic heterocycles. The number of thioether (sulfide) groups is 1. The van der Waals surface area contributed by atoms with Gasteiger partial charge in [0.25, 0.3) is 15.7 Å². The molecular weight excluding hydrogens is 894 g/mol. The topological polar surface area (TPSA) is 153 Å². The number of rotatable bonds is 21. The molecule has 4 aromatic carbocycles. The summed E-state index contributed by atoms with van der Waals surface area (Å²) in [5.74, 6) is -0.323. The van der Waals surface area contributed by atoms with E-state index < -0.39 is 20.9 Å². The van der Waals surface area contributed by atoms with Gasteiger partial charge in [-0.2, -0.15) is 0 Å². The fraction of sp³-hybridized carbons (Fsp3) is 0.300. The van der Waals surface area contributed by atoms with Gasteiger partial charge in [0.05, 0.1) is 21.1 Å². The first-order chi connectivity index (χ1) is 31.6. The second-order valence-electron chi connectivity index (χ2n) is 16.4. The van der Waals surface area contributed by atoms with Gasteiger partial charge in [0.15, 0.2) is 0 Å². The van der Waals surface area contributed by atoms with Gasteiger partial charge >= 0.3 is 5.97 Å². The molecule has 16 heteroatoms. The number of piperazine rings is 1. The van der Waals surface area contributed by atoms with Gasteiger partial charge in [-0.3, -0.25) is 14.8 Å². The summed E-state index contributed by atoms with van der Waals surface area (Å²) in [6.07, 6.45) is 6.77. The van der Waals surface area contributed by atoms with E-state index >= 15 is 0 Å². The van der Waals surface area contributed by atoms with Gasteiger partial charge < -0.3 is 29.7 Å². The second-order valence-corrected chi connectivity index (χ2v) is 19.6. The summed E-state index contributed by atoms with van der Waals surface area (Å²) in [6.45, 7) is 13.8. The largest absolute Gasteiger partial charge is 0.478 e. The summed E-state index contributed by atoms with van der Waals surface area (Å²) in [6, 6.07) is 28.9. The van der Waals surface area contributed by atoms with Crippen LogP contribution in [0.3, 0.4) is 0 Å². The predicted molar refractivity (Wildman–Crippen MR) is 272 cm³/mol. The highest BCUT2D eigenvalue weighted by molar-refractivity contribution is 7.99. The second kappa shape index (κ2) is 22.5. The number of benzene rings is 4. The lowest BCUT2D eigenvalue weighted by Gasteiger charge is -2.37. The molecule has 1 aliphatic rings. The van der Waals surface area contributed by atoms with E-state index in [1.165, 1.54) is 12.1 Å². The average Bonchev–Trinajstić information content (AvgIpc) is 3.61. The van der Waals surface area contributed by atoms with Crippen LogP contribution in [0.2, 0.25) is 0 Å². The first kappa shape index (κ1) is 49.4. The summed E-state index contributed by atoms with van der Waals surface area (Å²) >= 11 is 7.90. The lowest BCUT2D eigenvalue weighted by Crippen LogP contribution is -2.46. The molecule has 1 fully saturated rings. The molecule has 0 amide bonds. The van der Waals surface area contributed by atoms with E-state index in [1.807, 2.05) is 94.7 Å². The van der Waals surface area contributed by atoms with E-state index in [0.717, 1.165) is 58.6 Å². The van der Waals surface area contributed by atoms with Crippen LogP contribution in [0.4, 0.5) is 28.4 Å². The molecule has 0 radical (unpaired) electrons. The van der Waals surface area contributed by atoms with Crippen LogP contribution in [0.1, 0.15) is 48.4 Å². The van der Waals surface area contributed by atoms with Crippen LogP contribution in [0.15, 0.2) is 137 Å². The van der Waals surface area contributed by atoms with Gasteiger partial charge in [0.2, 0.25) is 0 Å². The zero-order valence-electron chi connectivity index (χ0n) is 38.0. The van der Waals surface area contributed by atoms with Crippen molar-refractivity contribution in [3.05, 3.63) is 154 Å². The standard InChI is InChI=1S/C50H58ClN7O6S2/c1-7-26-57-36(4)47(50(59)60)48(49(57)35(3)17-18-38(51)8-2)37-13-12-14-42(32-37)56-30-28-55(29-31-56)41-21-19-39(20-22-41)53-66(63,64)44-23-24-45(46(33-44)58(61)62)52-40(25-27-54(5)6)34-65-43-15-10-9-11-16-43/h8-24,32-33,40,52-53H,2,7,25-31,34H2,1,3-6H3,(H,59,60)/b35-17+,38-18+/t40-/m1/s1. The number of nitrogens with one attached hydrogen (secondary N) is 2. The number of sulfonamides is 1. The van der Waals surface area contributed by atoms with Crippen LogP contribution in [-0.4, -0.2) is 92.5 Å². The number of aromatic nitrogens is 1. The summed E-state index contributed by atoms with van der Waals surface area (Å²) in [7, 11) is -0.224. The lowest BCUT2D eigenvalue weighted by atomic mass is 9.96. The maximum absolute atomic E-state index is 13.6. The van der Waals surface area contributed by atoms with Crippen LogP contribution in [0, 0.1) is 17.0 Å². The minimum Gasteiger partial charge on any atom is -0.478 e. The number of carboxylic acid groups (broad SMARTS) is 1. The Morgan fingerprint density at radius 2 is 1.65 bits per heavy atom. The fourth-order valence-electron chi connectivity index (χ4n) is 8.08. The number of halogens is 1. The number of nitrogens with zero attached hydrogens (tertiary/aromatic N) is 5. The minimum atomic E-state index is -4.17. The fourth-order valence-corrected chi connectivity index (χ4v) is 10.2. The first-order valence-corrected chi connectivity index (χ1v) is 24.7. The summed E-state index contributed by atoms with van der Waals surface area (Å²) in [4.78, 5) is 32.0. The molecule has 1 saturated heterocycles. The molecule has 348 valence electrons. The van der Waals surface area contributed by atoms with E-state index in [9.17, 15) is 28.4 Å². The van der Waals surface area contributed by atoms with E-state index in [2.05, 4.69) is 48.9 Å². The monoisotopic (exact) mass is 951 g/mol. The minimum absolute atomic E-state index is 0.116. The molecule has 0 aliphatic carbocycles. The zero-order valence-corrected chi connectivity index (χ0v) is 40.4. The van der Waals surface area contributed by atoms with Crippen molar-refractivity contribution in [1.29, 1.82) is 0 Å². The van der Waals surface area contributed by atoms with Crippen LogP contribution < -0.4 is 19.8 Å². The quantitative estimate of drug-likeness (QED) is 0.0279. The van der Waals surface area contributed by atoms with Gasteiger partial charge in [-0.15, -0.1) is 11.8 Å². The molecular formula is C50H58ClN7O6S2. The number of hydrogen-bond donors (Lipinski definition) is 3. The highest BCUT2D eigenvalue weighted by atomic mass is 35.5. The number of allylic oxidation sites excluding steroid dienone is 5. The lowest BCUT2D eigenvalue weighted by molar-refractivity contribution is -0.384. The summed E-state index contributed by atoms with van der Waals surface area (Å²) in [5, 5.41) is 26.6. The highest BCUT2D eigenvalue weighted by Crippen LogP contribution is 2.39. The predicted octanol–water partition coefficient (Wildman–Crippen LogP) is 10.8. The number of aromatic carboxylic acids is 1. The van der Waals surface area contributed by atoms with Crippen LogP contribution in [0.25, 0.3) is 16.7 Å². The van der Waals surface area contributed by atoms with Crippen molar-refractivity contribution in [2.45, 2.75) is 56.0 Å². The molecule has 0 bridgehead atoms. The number of carbonyl (C=O) groups is 1. The van der Waals surface area contributed by atoms with Gasteiger partial charge in [-0.25, -0.2) is 13.2 Å². The smallest absolute Gasteiger partial charge is 0.338 e. The molecule has 66 heavy (non-hydrogen) atoms. The van der Waals surface area contributed by atoms with Crippen molar-refractivity contribution in [3.8, 4) is 11.1 Å². The van der Waals surface area contributed by atoms with Crippen molar-refractivity contribution in [2.75, 3.05) is 72.4 Å². The third kappa shape index (κ3) is 12.3. The van der Waals surface area contributed by atoms with Gasteiger partial charge in [0, 0.05) is 88.8 Å². The Morgan fingerprint density at radius 1 is 0.970 bits per heavy atom. The zero-order chi connectivity index (χ0) is 47.5. The Balaban J connectivity index is 1.14. The van der Waals surface area contributed by atoms with Crippen molar-refractivity contribution in [3.63, 3.8) is 0 Å². The van der Waals surface area contributed by atoms with Crippen molar-refractivity contribution in [2.24, 2.45) is 0 Å². The number of anilines is 4. The van der Waals surface area contributed by atoms with E-state index in [4.69, 9.17) is 11.6 Å². The average molecular weight is 953 g/mol. The van der Waals surface area contributed by atoms with Crippen LogP contribution >= 0.6 is 23.4 Å². The maximum Gasteiger partial charge on any atom is 0.338 e. The Hall–Kier alpha value is -6.00. The van der Waals surface area contributed by atoms with Crippen LogP contribution in [0.5, 0.6) is 0 Å². The molecule has 1 atom stereocenters. The molecule has 5 aromatic rings. The van der Waals surface area contributed by atoms with Crippen molar-refractivity contribution >= 4 is 73.4 Å². The van der Waals surface area contributed by atoms with Gasteiger partial charge in [-0.1, -0.05) is 67.6 Å². The normalized spacial score (nSPS) is 14.0. The summed E-state index contributed by atoms with van der Waals surface area (Å²) in [5.41, 5.74) is 6.33. The van der Waals surface area contributed by atoms with Gasteiger partial charge in [-0.05, 0) is 125 Å². The van der Waals surface area contributed by atoms with Crippen molar-refractivity contribution < 1.29 is 23.2 Å². The number of carboxylic acids is 1. The van der Waals surface area contributed by atoms with Gasteiger partial charge in [0.1, 0.15) is 5.69 Å². The van der Waals surface area contributed by atoms with Crippen LogP contribution in [-0.2, 0) is 16.6 Å². The molecule has 0 spiro atoms. The highest BCUT2D eigenvalue weighted by Gasteiger charge is 2.28. The molecule has 0 unspecified atom stereocenters. The maximum atomic E-state index is 13.6. The Morgan fingerprint density at radius 3 is 2.27 bits per heavy atom. The van der Waals surface area contributed by atoms with Crippen molar-refractivity contribution in [1.82, 2.24) is 9.47 Å². The molecule has 3 N–H and O–H groups in total. The molecule has 13 nitrogen and oxygen atoms in total. The first-order valence-electron chi connectivity index (χ1n) is 21.8. The van der Waals surface area contributed by atoms with E-state index in [0.29, 0.717) is 60.5 Å². The van der Waals surface area contributed by atoms with E-state index in [1.54, 1.807) is 36.0 Å².